The first-order chi connectivity index (χ1) is 18.2. The summed E-state index contributed by atoms with van der Waals surface area (Å²) in [7, 11) is 0. The maximum absolute atomic E-state index is 13.0. The summed E-state index contributed by atoms with van der Waals surface area (Å²) in [6.07, 6.45) is -2.32. The highest BCUT2D eigenvalue weighted by atomic mass is 19.4. The zero-order valence-electron chi connectivity index (χ0n) is 21.2. The summed E-state index contributed by atoms with van der Waals surface area (Å²) in [5.74, 6) is -0.123. The summed E-state index contributed by atoms with van der Waals surface area (Å²) in [6, 6.07) is 10.8. The number of likely N-dealkylation sites (tertiary alicyclic amines) is 1. The zero-order valence-corrected chi connectivity index (χ0v) is 21.2. The topological polar surface area (TPSA) is 85.4 Å². The number of carbonyl (C=O) groups is 2. The SMILES string of the molecule is CC(CC(=O)N1CCN(C2CCN(C(=O)c3ccc4[nH]nnc4c3)CC2)CC1)c1ccc(C(F)(F)F)cc1. The highest BCUT2D eigenvalue weighted by Crippen LogP contribution is 2.31. The number of H-pyrrole nitrogens is 1. The first kappa shape index (κ1) is 26.1. The van der Waals surface area contributed by atoms with Gasteiger partial charge in [0.2, 0.25) is 5.91 Å². The van der Waals surface area contributed by atoms with Crippen molar-refractivity contribution < 1.29 is 22.8 Å². The summed E-state index contributed by atoms with van der Waals surface area (Å²) in [4.78, 5) is 32.0. The van der Waals surface area contributed by atoms with Gasteiger partial charge in [-0.15, -0.1) is 5.10 Å². The number of alkyl halides is 3. The molecule has 2 amide bonds. The number of aromatic nitrogens is 3. The molecule has 2 aromatic carbocycles. The number of hydrogen-bond donors (Lipinski definition) is 1. The average Bonchev–Trinajstić information content (AvgIpc) is 3.40. The number of amides is 2. The molecule has 2 saturated heterocycles. The second-order valence-electron chi connectivity index (χ2n) is 10.2. The number of fused-ring (bicyclic) bond motifs is 1. The van der Waals surface area contributed by atoms with Crippen molar-refractivity contribution in [3.05, 3.63) is 59.2 Å². The molecule has 2 aliphatic rings. The van der Waals surface area contributed by atoms with Crippen molar-refractivity contribution in [2.24, 2.45) is 0 Å². The van der Waals surface area contributed by atoms with Gasteiger partial charge < -0.3 is 9.80 Å². The van der Waals surface area contributed by atoms with E-state index in [4.69, 9.17) is 0 Å². The Morgan fingerprint density at radius 2 is 1.66 bits per heavy atom. The number of piperidine rings is 1. The van der Waals surface area contributed by atoms with Crippen LogP contribution in [0.1, 0.15) is 53.6 Å². The Morgan fingerprint density at radius 1 is 0.974 bits per heavy atom. The van der Waals surface area contributed by atoms with Crippen LogP contribution in [0.5, 0.6) is 0 Å². The third-order valence-corrected chi connectivity index (χ3v) is 7.80. The van der Waals surface area contributed by atoms with E-state index >= 15 is 0 Å². The number of carbonyl (C=O) groups excluding carboxylic acids is 2. The molecule has 38 heavy (non-hydrogen) atoms. The Bertz CT molecular complexity index is 1280. The molecule has 3 aromatic rings. The molecular formula is C27H31F3N6O2. The van der Waals surface area contributed by atoms with Crippen LogP contribution < -0.4 is 0 Å². The molecule has 0 aliphatic carbocycles. The Kier molecular flexibility index (Phi) is 7.38. The monoisotopic (exact) mass is 528 g/mol. The third-order valence-electron chi connectivity index (χ3n) is 7.80. The van der Waals surface area contributed by atoms with Crippen molar-refractivity contribution in [2.75, 3.05) is 39.3 Å². The van der Waals surface area contributed by atoms with E-state index in [9.17, 15) is 22.8 Å². The molecule has 202 valence electrons. The van der Waals surface area contributed by atoms with E-state index < -0.39 is 11.7 Å². The highest BCUT2D eigenvalue weighted by Gasteiger charge is 2.32. The van der Waals surface area contributed by atoms with Gasteiger partial charge in [-0.2, -0.15) is 13.2 Å². The molecular weight excluding hydrogens is 497 g/mol. The fourth-order valence-corrected chi connectivity index (χ4v) is 5.44. The second-order valence-corrected chi connectivity index (χ2v) is 10.2. The molecule has 1 aromatic heterocycles. The number of piperazine rings is 1. The fraction of sp³-hybridized carbons (Fsp3) is 0.481. The highest BCUT2D eigenvalue weighted by molar-refractivity contribution is 5.97. The average molecular weight is 529 g/mol. The van der Waals surface area contributed by atoms with Gasteiger partial charge in [-0.05, 0) is 54.7 Å². The maximum atomic E-state index is 13.0. The molecule has 0 saturated carbocycles. The van der Waals surface area contributed by atoms with Crippen LogP contribution in [-0.4, -0.2) is 87.2 Å². The molecule has 3 heterocycles. The number of benzene rings is 2. The van der Waals surface area contributed by atoms with Gasteiger partial charge in [-0.25, -0.2) is 0 Å². The first-order valence-electron chi connectivity index (χ1n) is 13.0. The van der Waals surface area contributed by atoms with Gasteiger partial charge in [0.1, 0.15) is 5.52 Å². The van der Waals surface area contributed by atoms with E-state index in [1.54, 1.807) is 12.1 Å². The molecule has 1 unspecified atom stereocenters. The van der Waals surface area contributed by atoms with Crippen molar-refractivity contribution in [1.82, 2.24) is 30.1 Å². The standard InChI is InChI=1S/C27H31F3N6O2/c1-18(19-2-5-21(6-3-19)27(28,29)30)16-25(37)35-14-12-34(13-15-35)22-8-10-36(11-9-22)26(38)20-4-7-23-24(17-20)32-33-31-23/h2-7,17-18,22H,8-16H2,1H3,(H,31,32,33). The van der Waals surface area contributed by atoms with Gasteiger partial charge in [0.05, 0.1) is 11.1 Å². The summed E-state index contributed by atoms with van der Waals surface area (Å²) in [6.45, 7) is 6.07. The van der Waals surface area contributed by atoms with Crippen LogP contribution in [0, 0.1) is 0 Å². The van der Waals surface area contributed by atoms with Crippen LogP contribution in [0.3, 0.4) is 0 Å². The fourth-order valence-electron chi connectivity index (χ4n) is 5.44. The van der Waals surface area contributed by atoms with Crippen LogP contribution in [0.4, 0.5) is 13.2 Å². The number of nitrogens with one attached hydrogen (secondary N) is 1. The molecule has 5 rings (SSSR count). The van der Waals surface area contributed by atoms with Gasteiger partial charge in [0.15, 0.2) is 0 Å². The normalized spacial score (nSPS) is 18.6. The lowest BCUT2D eigenvalue weighted by molar-refractivity contribution is -0.137. The van der Waals surface area contributed by atoms with Gasteiger partial charge >= 0.3 is 6.18 Å². The number of halogens is 3. The zero-order chi connectivity index (χ0) is 26.9. The number of nitrogens with zero attached hydrogens (tertiary/aromatic N) is 5. The lowest BCUT2D eigenvalue weighted by atomic mass is 9.96. The minimum atomic E-state index is -4.36. The maximum Gasteiger partial charge on any atom is 0.416 e. The predicted octanol–water partition coefficient (Wildman–Crippen LogP) is 3.92. The van der Waals surface area contributed by atoms with Crippen molar-refractivity contribution in [1.29, 1.82) is 0 Å². The van der Waals surface area contributed by atoms with E-state index in [-0.39, 0.29) is 24.2 Å². The summed E-state index contributed by atoms with van der Waals surface area (Å²) < 4.78 is 38.4. The Hall–Kier alpha value is -3.47. The number of hydrogen-bond acceptors (Lipinski definition) is 5. The van der Waals surface area contributed by atoms with Gasteiger partial charge in [-0.1, -0.05) is 24.3 Å². The Balaban J connectivity index is 1.07. The molecule has 1 N–H and O–H groups in total. The van der Waals surface area contributed by atoms with Crippen molar-refractivity contribution in [3.8, 4) is 0 Å². The van der Waals surface area contributed by atoms with Crippen molar-refractivity contribution in [3.63, 3.8) is 0 Å². The van der Waals surface area contributed by atoms with E-state index in [1.807, 2.05) is 22.8 Å². The van der Waals surface area contributed by atoms with Gasteiger partial charge in [0.25, 0.3) is 5.91 Å². The molecule has 0 spiro atoms. The predicted molar refractivity (Wildman–Crippen MR) is 135 cm³/mol. The quantitative estimate of drug-likeness (QED) is 0.543. The van der Waals surface area contributed by atoms with Crippen LogP contribution in [0.25, 0.3) is 11.0 Å². The molecule has 11 heteroatoms. The Morgan fingerprint density at radius 3 is 2.32 bits per heavy atom. The van der Waals surface area contributed by atoms with Crippen LogP contribution in [-0.2, 0) is 11.0 Å². The van der Waals surface area contributed by atoms with Gasteiger partial charge in [0, 0.05) is 57.3 Å². The van der Waals surface area contributed by atoms with Crippen LogP contribution >= 0.6 is 0 Å². The summed E-state index contributed by atoms with van der Waals surface area (Å²) >= 11 is 0. The van der Waals surface area contributed by atoms with Crippen LogP contribution in [0.15, 0.2) is 42.5 Å². The third kappa shape index (κ3) is 5.67. The van der Waals surface area contributed by atoms with E-state index in [1.165, 1.54) is 12.1 Å². The first-order valence-corrected chi connectivity index (χ1v) is 13.0. The molecule has 0 bridgehead atoms. The minimum absolute atomic E-state index is 0.00549. The van der Waals surface area contributed by atoms with E-state index in [0.717, 1.165) is 49.1 Å². The Labute approximate surface area is 218 Å². The van der Waals surface area contributed by atoms with Crippen LogP contribution in [0.2, 0.25) is 0 Å². The summed E-state index contributed by atoms with van der Waals surface area (Å²) in [5, 5.41) is 10.5. The molecule has 2 aliphatic heterocycles. The smallest absolute Gasteiger partial charge is 0.340 e. The molecule has 1 atom stereocenters. The minimum Gasteiger partial charge on any atom is -0.340 e. The number of aromatic amines is 1. The second kappa shape index (κ2) is 10.7. The van der Waals surface area contributed by atoms with E-state index in [0.29, 0.717) is 43.3 Å². The van der Waals surface area contributed by atoms with Gasteiger partial charge in [-0.3, -0.25) is 19.6 Å². The lowest BCUT2D eigenvalue weighted by Crippen LogP contribution is -2.54. The van der Waals surface area contributed by atoms with Crippen molar-refractivity contribution >= 4 is 22.8 Å². The summed E-state index contributed by atoms with van der Waals surface area (Å²) in [5.41, 5.74) is 2.13. The largest absolute Gasteiger partial charge is 0.416 e. The molecule has 2 fully saturated rings. The molecule has 0 radical (unpaired) electrons. The molecule has 8 nitrogen and oxygen atoms in total. The number of rotatable bonds is 5. The van der Waals surface area contributed by atoms with Crippen molar-refractivity contribution in [2.45, 2.75) is 44.3 Å². The lowest BCUT2D eigenvalue weighted by Gasteiger charge is -2.43. The van der Waals surface area contributed by atoms with E-state index in [2.05, 4.69) is 20.3 Å².